The number of rotatable bonds is 5. The highest BCUT2D eigenvalue weighted by atomic mass is 19.1. The summed E-state index contributed by atoms with van der Waals surface area (Å²) in [6.45, 7) is 1.94. The van der Waals surface area contributed by atoms with Crippen molar-refractivity contribution in [2.24, 2.45) is 0 Å². The number of nitrogens with zero attached hydrogens (tertiary/aromatic N) is 4. The van der Waals surface area contributed by atoms with Crippen molar-refractivity contribution in [2.45, 2.75) is 13.3 Å². The number of halogens is 1. The van der Waals surface area contributed by atoms with Crippen LogP contribution in [0.4, 0.5) is 10.2 Å². The van der Waals surface area contributed by atoms with Crippen LogP contribution in [-0.4, -0.2) is 27.8 Å². The Balaban J connectivity index is 1.72. The minimum atomic E-state index is -0.373. The Hall–Kier alpha value is -4.25. The molecule has 0 fully saturated rings. The van der Waals surface area contributed by atoms with Gasteiger partial charge in [0.15, 0.2) is 11.6 Å². The molecule has 31 heavy (non-hydrogen) atoms. The van der Waals surface area contributed by atoms with Crippen LogP contribution in [0.5, 0.6) is 5.75 Å². The zero-order valence-corrected chi connectivity index (χ0v) is 16.9. The van der Waals surface area contributed by atoms with Crippen molar-refractivity contribution >= 4 is 22.6 Å². The van der Waals surface area contributed by atoms with Gasteiger partial charge >= 0.3 is 0 Å². The molecule has 0 aliphatic carbocycles. The highest BCUT2D eigenvalue weighted by molar-refractivity contribution is 5.93. The second-order valence-corrected chi connectivity index (χ2v) is 6.94. The molecule has 0 unspecified atom stereocenters. The third-order valence-corrected chi connectivity index (χ3v) is 4.86. The molecule has 4 aromatic rings. The van der Waals surface area contributed by atoms with Crippen LogP contribution >= 0.6 is 0 Å². The number of carbonyl (C=O) groups excluding carboxylic acids is 1. The Kier molecular flexibility index (Phi) is 5.33. The molecule has 0 aliphatic rings. The lowest BCUT2D eigenvalue weighted by atomic mass is 10.1. The summed E-state index contributed by atoms with van der Waals surface area (Å²) in [7, 11) is 1.57. The van der Waals surface area contributed by atoms with Gasteiger partial charge in [0.25, 0.3) is 0 Å². The molecule has 0 saturated heterocycles. The highest BCUT2D eigenvalue weighted by Crippen LogP contribution is 2.29. The summed E-state index contributed by atoms with van der Waals surface area (Å²) in [4.78, 5) is 17.3. The van der Waals surface area contributed by atoms with E-state index in [9.17, 15) is 14.4 Å². The average Bonchev–Trinajstić information content (AvgIpc) is 3.17. The van der Waals surface area contributed by atoms with Crippen molar-refractivity contribution < 1.29 is 13.9 Å². The van der Waals surface area contributed by atoms with Gasteiger partial charge < -0.3 is 10.1 Å². The Morgan fingerprint density at radius 3 is 2.74 bits per heavy atom. The Labute approximate surface area is 177 Å². The number of aromatic nitrogens is 3. The molecule has 154 valence electrons. The largest absolute Gasteiger partial charge is 0.494 e. The van der Waals surface area contributed by atoms with E-state index < -0.39 is 0 Å². The first-order valence-corrected chi connectivity index (χ1v) is 9.47. The number of anilines is 1. The number of benzene rings is 2. The van der Waals surface area contributed by atoms with E-state index in [4.69, 9.17) is 4.74 Å². The third kappa shape index (κ3) is 3.94. The van der Waals surface area contributed by atoms with Crippen LogP contribution in [0, 0.1) is 24.1 Å². The van der Waals surface area contributed by atoms with Gasteiger partial charge in [0.1, 0.15) is 28.7 Å². The molecule has 4 rings (SSSR count). The maximum absolute atomic E-state index is 13.1. The van der Waals surface area contributed by atoms with Gasteiger partial charge in [0.2, 0.25) is 5.91 Å². The van der Waals surface area contributed by atoms with Gasteiger partial charge in [0, 0.05) is 5.39 Å². The number of fused-ring (bicyclic) bond motifs is 1. The summed E-state index contributed by atoms with van der Waals surface area (Å²) in [5, 5.41) is 17.4. The first kappa shape index (κ1) is 20.0. The SMILES string of the molecule is COc1cccc2c(C)cc(-n3ncc(C#N)c3NC(=O)Cc3ccc(F)cc3)nc12. The number of hydrogen-bond donors (Lipinski definition) is 1. The van der Waals surface area contributed by atoms with Crippen LogP contribution in [0.15, 0.2) is 54.7 Å². The summed E-state index contributed by atoms with van der Waals surface area (Å²) >= 11 is 0. The standard InChI is InChI=1S/C23H18FN5O2/c1-14-10-20(27-22-18(14)4-3-5-19(22)31-2)29-23(16(12-25)13-26-29)28-21(30)11-15-6-8-17(24)9-7-15/h3-10,13H,11H2,1-2H3,(H,28,30). The second-order valence-electron chi connectivity index (χ2n) is 6.94. The molecule has 0 bridgehead atoms. The molecule has 0 atom stereocenters. The summed E-state index contributed by atoms with van der Waals surface area (Å²) in [6.07, 6.45) is 1.39. The van der Waals surface area contributed by atoms with Crippen LogP contribution in [0.2, 0.25) is 0 Å². The van der Waals surface area contributed by atoms with Crippen LogP contribution in [-0.2, 0) is 11.2 Å². The van der Waals surface area contributed by atoms with Crippen LogP contribution < -0.4 is 10.1 Å². The molecule has 2 aromatic heterocycles. The lowest BCUT2D eigenvalue weighted by molar-refractivity contribution is -0.115. The van der Waals surface area contributed by atoms with Crippen LogP contribution in [0.3, 0.4) is 0 Å². The predicted octanol–water partition coefficient (Wildman–Crippen LogP) is 3.93. The van der Waals surface area contributed by atoms with Crippen LogP contribution in [0.1, 0.15) is 16.7 Å². The fraction of sp³-hybridized carbons (Fsp3) is 0.130. The Morgan fingerprint density at radius 2 is 2.03 bits per heavy atom. The summed E-state index contributed by atoms with van der Waals surface area (Å²) in [5.74, 6) is 0.531. The van der Waals surface area contributed by atoms with Crippen molar-refractivity contribution in [3.05, 3.63) is 77.2 Å². The summed E-state index contributed by atoms with van der Waals surface area (Å²) in [6, 6.07) is 15.2. The van der Waals surface area contributed by atoms with E-state index in [1.807, 2.05) is 37.3 Å². The zero-order valence-electron chi connectivity index (χ0n) is 16.9. The highest BCUT2D eigenvalue weighted by Gasteiger charge is 2.18. The van der Waals surface area contributed by atoms with Crippen molar-refractivity contribution in [1.29, 1.82) is 5.26 Å². The summed E-state index contributed by atoms with van der Waals surface area (Å²) < 4.78 is 19.9. The number of amides is 1. The number of ether oxygens (including phenoxy) is 1. The molecule has 1 amide bonds. The fourth-order valence-electron chi connectivity index (χ4n) is 3.34. The second kappa shape index (κ2) is 8.24. The number of nitriles is 1. The molecule has 8 heteroatoms. The number of methoxy groups -OCH3 is 1. The van der Waals surface area contributed by atoms with Crippen LogP contribution in [0.25, 0.3) is 16.7 Å². The predicted molar refractivity (Wildman–Crippen MR) is 114 cm³/mol. The van der Waals surface area contributed by atoms with E-state index >= 15 is 0 Å². The molecule has 0 radical (unpaired) electrons. The first-order valence-electron chi connectivity index (χ1n) is 9.47. The van der Waals surface area contributed by atoms with Crippen molar-refractivity contribution in [1.82, 2.24) is 14.8 Å². The number of aryl methyl sites for hydroxylation is 1. The number of carbonyl (C=O) groups is 1. The van der Waals surface area contributed by atoms with Gasteiger partial charge in [-0.3, -0.25) is 4.79 Å². The topological polar surface area (TPSA) is 92.8 Å². The number of nitrogens with one attached hydrogen (secondary N) is 1. The van der Waals surface area contributed by atoms with Gasteiger partial charge in [-0.2, -0.15) is 15.0 Å². The number of pyridine rings is 1. The number of para-hydroxylation sites is 1. The smallest absolute Gasteiger partial charge is 0.229 e. The van der Waals surface area contributed by atoms with Gasteiger partial charge in [-0.15, -0.1) is 0 Å². The monoisotopic (exact) mass is 415 g/mol. The quantitative estimate of drug-likeness (QED) is 0.533. The van der Waals surface area contributed by atoms with E-state index in [1.54, 1.807) is 7.11 Å². The zero-order chi connectivity index (χ0) is 22.0. The van der Waals surface area contributed by atoms with Gasteiger partial charge in [0.05, 0.1) is 19.7 Å². The third-order valence-electron chi connectivity index (χ3n) is 4.86. The van der Waals surface area contributed by atoms with E-state index in [1.165, 1.54) is 35.1 Å². The number of hydrogen-bond acceptors (Lipinski definition) is 5. The molecule has 0 spiro atoms. The van der Waals surface area contributed by atoms with E-state index in [-0.39, 0.29) is 29.5 Å². The van der Waals surface area contributed by atoms with Crippen molar-refractivity contribution in [2.75, 3.05) is 12.4 Å². The molecule has 2 heterocycles. The average molecular weight is 415 g/mol. The van der Waals surface area contributed by atoms with Crippen molar-refractivity contribution in [3.63, 3.8) is 0 Å². The summed E-state index contributed by atoms with van der Waals surface area (Å²) in [5.41, 5.74) is 2.44. The minimum absolute atomic E-state index is 0.0222. The fourth-order valence-corrected chi connectivity index (χ4v) is 3.34. The molecule has 1 N–H and O–H groups in total. The maximum atomic E-state index is 13.1. The van der Waals surface area contributed by atoms with E-state index in [0.29, 0.717) is 22.6 Å². The lowest BCUT2D eigenvalue weighted by Gasteiger charge is -2.12. The Bertz CT molecular complexity index is 1320. The molecule has 7 nitrogen and oxygen atoms in total. The molecule has 2 aromatic carbocycles. The molecule has 0 saturated carbocycles. The van der Waals surface area contributed by atoms with E-state index in [2.05, 4.69) is 15.4 Å². The van der Waals surface area contributed by atoms with Gasteiger partial charge in [-0.05, 0) is 42.3 Å². The minimum Gasteiger partial charge on any atom is -0.494 e. The molecular weight excluding hydrogens is 397 g/mol. The van der Waals surface area contributed by atoms with Crippen molar-refractivity contribution in [3.8, 4) is 17.6 Å². The lowest BCUT2D eigenvalue weighted by Crippen LogP contribution is -2.18. The first-order chi connectivity index (χ1) is 15.0. The normalized spacial score (nSPS) is 10.6. The Morgan fingerprint density at radius 1 is 1.26 bits per heavy atom. The molecule has 0 aliphatic heterocycles. The van der Waals surface area contributed by atoms with Gasteiger partial charge in [-0.1, -0.05) is 24.3 Å². The van der Waals surface area contributed by atoms with E-state index in [0.717, 1.165) is 10.9 Å². The molecular formula is C23H18FN5O2. The van der Waals surface area contributed by atoms with Gasteiger partial charge in [-0.25, -0.2) is 9.37 Å². The maximum Gasteiger partial charge on any atom is 0.229 e.